The van der Waals surface area contributed by atoms with E-state index in [1.165, 1.54) is 12.1 Å². The summed E-state index contributed by atoms with van der Waals surface area (Å²) in [6.45, 7) is 8.53. The number of nitrogens with zero attached hydrogens (tertiary/aromatic N) is 2. The Labute approximate surface area is 172 Å². The SMILES string of the molecule is CCNC(=NCCSc1ccc(F)cc1)N1CCC(OCC)CC1.I. The van der Waals surface area contributed by atoms with E-state index in [-0.39, 0.29) is 29.8 Å². The van der Waals surface area contributed by atoms with Gasteiger partial charge in [-0.25, -0.2) is 4.39 Å². The van der Waals surface area contributed by atoms with Gasteiger partial charge in [0.2, 0.25) is 0 Å². The number of halogens is 2. The van der Waals surface area contributed by atoms with E-state index in [2.05, 4.69) is 24.1 Å². The molecule has 2 rings (SSSR count). The van der Waals surface area contributed by atoms with Gasteiger partial charge in [-0.05, 0) is 51.0 Å². The van der Waals surface area contributed by atoms with Crippen LogP contribution in [0.25, 0.3) is 0 Å². The number of nitrogens with one attached hydrogen (secondary N) is 1. The lowest BCUT2D eigenvalue weighted by molar-refractivity contribution is 0.0264. The molecule has 25 heavy (non-hydrogen) atoms. The second kappa shape index (κ2) is 12.8. The Morgan fingerprint density at radius 1 is 1.28 bits per heavy atom. The summed E-state index contributed by atoms with van der Waals surface area (Å²) in [7, 11) is 0. The Balaban J connectivity index is 0.00000312. The molecule has 1 fully saturated rings. The van der Waals surface area contributed by atoms with Gasteiger partial charge in [0.15, 0.2) is 5.96 Å². The van der Waals surface area contributed by atoms with Crippen LogP contribution < -0.4 is 5.32 Å². The molecule has 1 aliphatic heterocycles. The summed E-state index contributed by atoms with van der Waals surface area (Å²) in [6, 6.07) is 6.62. The minimum Gasteiger partial charge on any atom is -0.378 e. The third-order valence-electron chi connectivity index (χ3n) is 3.91. The first-order valence-corrected chi connectivity index (χ1v) is 9.74. The molecule has 1 saturated heterocycles. The number of likely N-dealkylation sites (tertiary alicyclic amines) is 1. The predicted octanol–water partition coefficient (Wildman–Crippen LogP) is 4.00. The van der Waals surface area contributed by atoms with Crippen LogP contribution in [0.1, 0.15) is 26.7 Å². The van der Waals surface area contributed by atoms with Gasteiger partial charge in [0, 0.05) is 36.9 Å². The molecule has 0 atom stereocenters. The van der Waals surface area contributed by atoms with Crippen molar-refractivity contribution in [3.05, 3.63) is 30.1 Å². The van der Waals surface area contributed by atoms with Crippen molar-refractivity contribution < 1.29 is 9.13 Å². The average Bonchev–Trinajstić information content (AvgIpc) is 2.60. The van der Waals surface area contributed by atoms with E-state index in [4.69, 9.17) is 9.73 Å². The quantitative estimate of drug-likeness (QED) is 0.210. The lowest BCUT2D eigenvalue weighted by Crippen LogP contribution is -2.47. The number of rotatable bonds is 7. The largest absolute Gasteiger partial charge is 0.378 e. The number of thioether (sulfide) groups is 1. The number of ether oxygens (including phenoxy) is 1. The van der Waals surface area contributed by atoms with E-state index in [1.807, 2.05) is 12.1 Å². The van der Waals surface area contributed by atoms with Crippen LogP contribution in [0.3, 0.4) is 0 Å². The zero-order chi connectivity index (χ0) is 17.2. The summed E-state index contributed by atoms with van der Waals surface area (Å²) >= 11 is 1.70. The molecule has 1 aromatic rings. The van der Waals surface area contributed by atoms with Gasteiger partial charge in [-0.15, -0.1) is 35.7 Å². The number of benzene rings is 1. The van der Waals surface area contributed by atoms with E-state index in [0.29, 0.717) is 6.10 Å². The minimum absolute atomic E-state index is 0. The lowest BCUT2D eigenvalue weighted by atomic mass is 10.1. The minimum atomic E-state index is -0.192. The summed E-state index contributed by atoms with van der Waals surface area (Å²) in [5.41, 5.74) is 0. The number of aliphatic imine (C=N–C) groups is 1. The number of guanidine groups is 1. The van der Waals surface area contributed by atoms with Crippen LogP contribution in [0.2, 0.25) is 0 Å². The molecule has 142 valence electrons. The Kier molecular flexibility index (Phi) is 11.5. The van der Waals surface area contributed by atoms with Crippen molar-refractivity contribution in [2.75, 3.05) is 38.5 Å². The maximum absolute atomic E-state index is 12.9. The predicted molar refractivity (Wildman–Crippen MR) is 115 cm³/mol. The summed E-state index contributed by atoms with van der Waals surface area (Å²) in [4.78, 5) is 8.14. The van der Waals surface area contributed by atoms with E-state index in [9.17, 15) is 4.39 Å². The van der Waals surface area contributed by atoms with Gasteiger partial charge >= 0.3 is 0 Å². The van der Waals surface area contributed by atoms with Gasteiger partial charge in [-0.2, -0.15) is 0 Å². The molecule has 0 aromatic heterocycles. The maximum atomic E-state index is 12.9. The van der Waals surface area contributed by atoms with Gasteiger partial charge in [-0.1, -0.05) is 0 Å². The van der Waals surface area contributed by atoms with Crippen LogP contribution in [0.4, 0.5) is 4.39 Å². The fourth-order valence-electron chi connectivity index (χ4n) is 2.74. The van der Waals surface area contributed by atoms with Gasteiger partial charge in [0.05, 0.1) is 12.6 Å². The van der Waals surface area contributed by atoms with Crippen LogP contribution in [0, 0.1) is 5.82 Å². The molecule has 0 amide bonds. The molecular formula is C18H29FIN3OS. The zero-order valence-corrected chi connectivity index (χ0v) is 18.2. The number of hydrogen-bond acceptors (Lipinski definition) is 3. The van der Waals surface area contributed by atoms with E-state index >= 15 is 0 Å². The topological polar surface area (TPSA) is 36.9 Å². The highest BCUT2D eigenvalue weighted by Crippen LogP contribution is 2.18. The highest BCUT2D eigenvalue weighted by Gasteiger charge is 2.21. The fraction of sp³-hybridized carbons (Fsp3) is 0.611. The molecule has 1 heterocycles. The van der Waals surface area contributed by atoms with Gasteiger partial charge in [0.25, 0.3) is 0 Å². The fourth-order valence-corrected chi connectivity index (χ4v) is 3.49. The molecule has 1 aromatic carbocycles. The zero-order valence-electron chi connectivity index (χ0n) is 15.0. The molecule has 1 aliphatic rings. The first-order chi connectivity index (χ1) is 11.7. The normalized spacial score (nSPS) is 15.8. The smallest absolute Gasteiger partial charge is 0.193 e. The third-order valence-corrected chi connectivity index (χ3v) is 4.91. The summed E-state index contributed by atoms with van der Waals surface area (Å²) < 4.78 is 18.6. The molecule has 0 radical (unpaired) electrons. The van der Waals surface area contributed by atoms with Crippen molar-refractivity contribution in [3.63, 3.8) is 0 Å². The summed E-state index contributed by atoms with van der Waals surface area (Å²) in [5, 5.41) is 3.38. The molecule has 0 unspecified atom stereocenters. The van der Waals surface area contributed by atoms with E-state index < -0.39 is 0 Å². The molecular weight excluding hydrogens is 452 g/mol. The van der Waals surface area contributed by atoms with Gasteiger partial charge in [-0.3, -0.25) is 4.99 Å². The Morgan fingerprint density at radius 2 is 1.96 bits per heavy atom. The van der Waals surface area contributed by atoms with Crippen molar-refractivity contribution in [2.24, 2.45) is 4.99 Å². The van der Waals surface area contributed by atoms with E-state index in [1.54, 1.807) is 11.8 Å². The molecule has 0 bridgehead atoms. The Morgan fingerprint density at radius 3 is 2.56 bits per heavy atom. The van der Waals surface area contributed by atoms with E-state index in [0.717, 1.165) is 62.2 Å². The highest BCUT2D eigenvalue weighted by molar-refractivity contribution is 14.0. The average molecular weight is 481 g/mol. The van der Waals surface area contributed by atoms with Crippen LogP contribution in [0.15, 0.2) is 34.2 Å². The van der Waals surface area contributed by atoms with Crippen LogP contribution >= 0.6 is 35.7 Å². The lowest BCUT2D eigenvalue weighted by Gasteiger charge is -2.34. The Bertz CT molecular complexity index is 508. The van der Waals surface area contributed by atoms with Crippen LogP contribution in [-0.2, 0) is 4.74 Å². The maximum Gasteiger partial charge on any atom is 0.193 e. The molecule has 0 spiro atoms. The molecule has 1 N–H and O–H groups in total. The summed E-state index contributed by atoms with van der Waals surface area (Å²) in [5.74, 6) is 1.69. The number of hydrogen-bond donors (Lipinski definition) is 1. The van der Waals surface area contributed by atoms with Crippen molar-refractivity contribution in [3.8, 4) is 0 Å². The van der Waals surface area contributed by atoms with Crippen LogP contribution in [-0.4, -0.2) is 55.5 Å². The van der Waals surface area contributed by atoms with Crippen molar-refractivity contribution >= 4 is 41.7 Å². The monoisotopic (exact) mass is 481 g/mol. The van der Waals surface area contributed by atoms with Crippen molar-refractivity contribution in [1.29, 1.82) is 0 Å². The second-order valence-corrected chi connectivity index (χ2v) is 6.85. The van der Waals surface area contributed by atoms with Gasteiger partial charge < -0.3 is 15.0 Å². The highest BCUT2D eigenvalue weighted by atomic mass is 127. The third kappa shape index (κ3) is 8.13. The van der Waals surface area contributed by atoms with Crippen molar-refractivity contribution in [2.45, 2.75) is 37.7 Å². The standard InChI is InChI=1S/C18H28FN3OS.HI/c1-3-20-18(22-12-9-16(10-13-22)23-4-2)21-11-14-24-17-7-5-15(19)6-8-17;/h5-8,16H,3-4,9-14H2,1-2H3,(H,20,21);1H. The second-order valence-electron chi connectivity index (χ2n) is 5.68. The molecule has 7 heteroatoms. The summed E-state index contributed by atoms with van der Waals surface area (Å²) in [6.07, 6.45) is 2.51. The molecule has 4 nitrogen and oxygen atoms in total. The van der Waals surface area contributed by atoms with Crippen LogP contribution in [0.5, 0.6) is 0 Å². The molecule has 0 saturated carbocycles. The Hall–Kier alpha value is -0.540. The first kappa shape index (κ1) is 22.5. The van der Waals surface area contributed by atoms with Gasteiger partial charge in [0.1, 0.15) is 5.82 Å². The number of piperidine rings is 1. The van der Waals surface area contributed by atoms with Crippen molar-refractivity contribution in [1.82, 2.24) is 10.2 Å². The molecule has 0 aliphatic carbocycles. The first-order valence-electron chi connectivity index (χ1n) is 8.76.